The van der Waals surface area contributed by atoms with Crippen LogP contribution in [0.25, 0.3) is 0 Å². The Hall–Kier alpha value is -1.73. The number of nitro benzene ring substituents is 1. The lowest BCUT2D eigenvalue weighted by Gasteiger charge is -2.04. The average molecular weight is 325 g/mol. The predicted molar refractivity (Wildman–Crippen MR) is 74.8 cm³/mol. The van der Waals surface area contributed by atoms with E-state index < -0.39 is 4.92 Å². The van der Waals surface area contributed by atoms with Crippen molar-refractivity contribution in [2.75, 3.05) is 6.54 Å². The van der Waals surface area contributed by atoms with Gasteiger partial charge < -0.3 is 10.3 Å². The molecule has 0 aliphatic rings. The first-order valence-corrected chi connectivity index (χ1v) is 6.58. The molecule has 0 fully saturated rings. The highest BCUT2D eigenvalue weighted by Crippen LogP contribution is 2.25. The molecule has 0 radical (unpaired) electrons. The van der Waals surface area contributed by atoms with Gasteiger partial charge in [-0.1, -0.05) is 6.07 Å². The molecule has 0 bridgehead atoms. The molecule has 100 valence electrons. The van der Waals surface area contributed by atoms with E-state index in [4.69, 9.17) is 0 Å². The van der Waals surface area contributed by atoms with E-state index in [0.29, 0.717) is 11.0 Å². The van der Waals surface area contributed by atoms with Crippen molar-refractivity contribution < 1.29 is 4.92 Å². The molecule has 2 aromatic rings. The summed E-state index contributed by atoms with van der Waals surface area (Å²) in [5.41, 5.74) is 0.972. The smallest absolute Gasteiger partial charge is 0.283 e. The van der Waals surface area contributed by atoms with Crippen LogP contribution in [0.3, 0.4) is 0 Å². The Labute approximate surface area is 118 Å². The Balaban J connectivity index is 1.86. The zero-order valence-corrected chi connectivity index (χ0v) is 11.7. The molecule has 0 unspecified atom stereocenters. The molecule has 0 aliphatic heterocycles. The van der Waals surface area contributed by atoms with Gasteiger partial charge in [0, 0.05) is 38.0 Å². The van der Waals surface area contributed by atoms with Crippen molar-refractivity contribution in [2.24, 2.45) is 0 Å². The Morgan fingerprint density at radius 2 is 2.32 bits per heavy atom. The van der Waals surface area contributed by atoms with Gasteiger partial charge in [-0.2, -0.15) is 0 Å². The number of aromatic amines is 1. The number of nitrogens with one attached hydrogen (secondary N) is 2. The summed E-state index contributed by atoms with van der Waals surface area (Å²) in [6, 6.07) is 5.13. The fraction of sp³-hybridized carbons (Fsp3) is 0.250. The van der Waals surface area contributed by atoms with Crippen LogP contribution in [0.4, 0.5) is 5.69 Å². The minimum Gasteiger partial charge on any atom is -0.349 e. The van der Waals surface area contributed by atoms with E-state index in [1.165, 1.54) is 0 Å². The monoisotopic (exact) mass is 324 g/mol. The predicted octanol–water partition coefficient (Wildman–Crippen LogP) is 2.41. The Morgan fingerprint density at radius 3 is 3.00 bits per heavy atom. The average Bonchev–Trinajstić information content (AvgIpc) is 2.89. The molecule has 19 heavy (non-hydrogen) atoms. The van der Waals surface area contributed by atoms with Gasteiger partial charge in [0.15, 0.2) is 0 Å². The lowest BCUT2D eigenvalue weighted by molar-refractivity contribution is -0.385. The van der Waals surface area contributed by atoms with Crippen LogP contribution in [0.5, 0.6) is 0 Å². The molecule has 0 amide bonds. The molecule has 0 spiro atoms. The molecule has 0 aliphatic carbocycles. The maximum atomic E-state index is 10.8. The first-order chi connectivity index (χ1) is 9.16. The van der Waals surface area contributed by atoms with Gasteiger partial charge >= 0.3 is 0 Å². The fourth-order valence-corrected chi connectivity index (χ4v) is 2.07. The first-order valence-electron chi connectivity index (χ1n) is 5.78. The second kappa shape index (κ2) is 6.44. The lowest BCUT2D eigenvalue weighted by Crippen LogP contribution is -2.17. The number of benzene rings is 1. The number of rotatable bonds is 6. The van der Waals surface area contributed by atoms with E-state index in [-0.39, 0.29) is 5.69 Å². The number of nitro groups is 1. The van der Waals surface area contributed by atoms with Gasteiger partial charge in [-0.05, 0) is 27.6 Å². The van der Waals surface area contributed by atoms with E-state index >= 15 is 0 Å². The molecular weight excluding hydrogens is 312 g/mol. The van der Waals surface area contributed by atoms with Gasteiger partial charge in [0.1, 0.15) is 5.82 Å². The maximum Gasteiger partial charge on any atom is 0.283 e. The molecule has 1 aromatic heterocycles. The Kier molecular flexibility index (Phi) is 4.64. The van der Waals surface area contributed by atoms with Crippen molar-refractivity contribution in [1.82, 2.24) is 15.3 Å². The highest BCUT2D eigenvalue weighted by molar-refractivity contribution is 9.10. The van der Waals surface area contributed by atoms with E-state index in [1.807, 2.05) is 6.07 Å². The maximum absolute atomic E-state index is 10.8. The van der Waals surface area contributed by atoms with Crippen LogP contribution in [-0.4, -0.2) is 21.4 Å². The van der Waals surface area contributed by atoms with E-state index in [9.17, 15) is 10.1 Å². The van der Waals surface area contributed by atoms with Crippen molar-refractivity contribution >= 4 is 21.6 Å². The van der Waals surface area contributed by atoms with Gasteiger partial charge in [0.25, 0.3) is 5.69 Å². The number of nitrogens with zero attached hydrogens (tertiary/aromatic N) is 2. The fourth-order valence-electron chi connectivity index (χ4n) is 1.68. The van der Waals surface area contributed by atoms with Gasteiger partial charge in [-0.15, -0.1) is 0 Å². The second-order valence-electron chi connectivity index (χ2n) is 4.01. The summed E-state index contributed by atoms with van der Waals surface area (Å²) in [6.45, 7) is 1.35. The van der Waals surface area contributed by atoms with Crippen molar-refractivity contribution in [2.45, 2.75) is 13.0 Å². The summed E-state index contributed by atoms with van der Waals surface area (Å²) in [5.74, 6) is 0.925. The molecule has 0 saturated heterocycles. The number of aromatic nitrogens is 2. The zero-order valence-electron chi connectivity index (χ0n) is 10.1. The van der Waals surface area contributed by atoms with Crippen LogP contribution in [0.15, 0.2) is 35.1 Å². The first kappa shape index (κ1) is 13.7. The number of imidazole rings is 1. The van der Waals surface area contributed by atoms with Gasteiger partial charge in [-0.3, -0.25) is 10.1 Å². The summed E-state index contributed by atoms with van der Waals surface area (Å²) in [7, 11) is 0. The van der Waals surface area contributed by atoms with Crippen molar-refractivity contribution in [3.63, 3.8) is 0 Å². The van der Waals surface area contributed by atoms with E-state index in [2.05, 4.69) is 31.2 Å². The van der Waals surface area contributed by atoms with Crippen LogP contribution in [0.1, 0.15) is 11.4 Å². The number of halogens is 1. The molecule has 1 heterocycles. The lowest BCUT2D eigenvalue weighted by atomic mass is 10.2. The second-order valence-corrected chi connectivity index (χ2v) is 4.86. The van der Waals surface area contributed by atoms with Crippen molar-refractivity contribution in [1.29, 1.82) is 0 Å². The van der Waals surface area contributed by atoms with E-state index in [0.717, 1.165) is 24.4 Å². The third kappa shape index (κ3) is 3.87. The van der Waals surface area contributed by atoms with E-state index in [1.54, 1.807) is 24.5 Å². The quantitative estimate of drug-likeness (QED) is 0.485. The molecule has 1 aromatic carbocycles. The normalized spacial score (nSPS) is 10.6. The van der Waals surface area contributed by atoms with Crippen LogP contribution >= 0.6 is 15.9 Å². The van der Waals surface area contributed by atoms with Crippen LogP contribution in [0.2, 0.25) is 0 Å². The van der Waals surface area contributed by atoms with Crippen molar-refractivity contribution in [3.8, 4) is 0 Å². The third-order valence-electron chi connectivity index (χ3n) is 2.63. The minimum atomic E-state index is -0.392. The number of hydrogen-bond donors (Lipinski definition) is 2. The zero-order chi connectivity index (χ0) is 13.7. The number of hydrogen-bond acceptors (Lipinski definition) is 4. The standard InChI is InChI=1S/C12H13BrN4O2/c13-10-2-1-9(7-11(10)17(18)19)8-14-4-3-12-15-5-6-16-12/h1-2,5-7,14H,3-4,8H2,(H,15,16). The minimum absolute atomic E-state index is 0.0883. The molecule has 0 atom stereocenters. The van der Waals surface area contributed by atoms with Gasteiger partial charge in [0.05, 0.1) is 9.40 Å². The highest BCUT2D eigenvalue weighted by Gasteiger charge is 2.11. The van der Waals surface area contributed by atoms with Gasteiger partial charge in [-0.25, -0.2) is 4.98 Å². The van der Waals surface area contributed by atoms with Crippen LogP contribution < -0.4 is 5.32 Å². The van der Waals surface area contributed by atoms with Crippen molar-refractivity contribution in [3.05, 3.63) is 56.6 Å². The summed E-state index contributed by atoms with van der Waals surface area (Å²) in [4.78, 5) is 17.5. The molecule has 0 saturated carbocycles. The largest absolute Gasteiger partial charge is 0.349 e. The van der Waals surface area contributed by atoms with Crippen LogP contribution in [-0.2, 0) is 13.0 Å². The van der Waals surface area contributed by atoms with Crippen LogP contribution in [0, 0.1) is 10.1 Å². The Bertz CT molecular complexity index is 557. The Morgan fingerprint density at radius 1 is 1.47 bits per heavy atom. The molecular formula is C12H13BrN4O2. The molecule has 2 N–H and O–H groups in total. The molecule has 2 rings (SSSR count). The summed E-state index contributed by atoms with van der Waals surface area (Å²) < 4.78 is 0.497. The topological polar surface area (TPSA) is 83.8 Å². The summed E-state index contributed by atoms with van der Waals surface area (Å²) in [5, 5.41) is 14.0. The number of H-pyrrole nitrogens is 1. The third-order valence-corrected chi connectivity index (χ3v) is 3.30. The highest BCUT2D eigenvalue weighted by atomic mass is 79.9. The molecule has 6 nitrogen and oxygen atoms in total. The summed E-state index contributed by atoms with van der Waals surface area (Å²) >= 11 is 3.16. The SMILES string of the molecule is O=[N+]([O-])c1cc(CNCCc2ncc[nH]2)ccc1Br. The molecule has 7 heteroatoms. The summed E-state index contributed by atoms with van der Waals surface area (Å²) in [6.07, 6.45) is 4.30. The van der Waals surface area contributed by atoms with Gasteiger partial charge in [0.2, 0.25) is 0 Å².